The van der Waals surface area contributed by atoms with Crippen molar-refractivity contribution < 1.29 is 4.79 Å². The summed E-state index contributed by atoms with van der Waals surface area (Å²) in [5.41, 5.74) is 1.71. The lowest BCUT2D eigenvalue weighted by Gasteiger charge is -2.02. The second kappa shape index (κ2) is 4.70. The molecule has 0 saturated carbocycles. The number of amides is 1. The van der Waals surface area contributed by atoms with Crippen molar-refractivity contribution in [2.24, 2.45) is 0 Å². The van der Waals surface area contributed by atoms with E-state index in [2.05, 4.69) is 10.3 Å². The zero-order valence-corrected chi connectivity index (χ0v) is 8.83. The molecule has 15 heavy (non-hydrogen) atoms. The number of thiophene rings is 1. The Bertz CT molecular complexity index is 425. The van der Waals surface area contributed by atoms with Crippen molar-refractivity contribution in [3.05, 3.63) is 52.5 Å². The van der Waals surface area contributed by atoms with E-state index in [9.17, 15) is 4.79 Å². The van der Waals surface area contributed by atoms with Crippen LogP contribution in [0.4, 0.5) is 0 Å². The van der Waals surface area contributed by atoms with E-state index in [1.54, 1.807) is 35.9 Å². The molecule has 0 spiro atoms. The number of hydrogen-bond acceptors (Lipinski definition) is 3. The standard InChI is InChI=1S/C11H10N2OS/c14-11(10-2-1-4-12-7-10)13-6-9-3-5-15-8-9/h1-5,7-8H,6H2,(H,13,14). The zero-order valence-electron chi connectivity index (χ0n) is 8.01. The smallest absolute Gasteiger partial charge is 0.253 e. The fourth-order valence-electron chi connectivity index (χ4n) is 1.17. The number of nitrogens with zero attached hydrogens (tertiary/aromatic N) is 1. The number of carbonyl (C=O) groups is 1. The zero-order chi connectivity index (χ0) is 10.5. The molecule has 0 atom stereocenters. The Morgan fingerprint density at radius 1 is 1.47 bits per heavy atom. The third-order valence-electron chi connectivity index (χ3n) is 1.96. The topological polar surface area (TPSA) is 42.0 Å². The van der Waals surface area contributed by atoms with Gasteiger partial charge in [-0.15, -0.1) is 0 Å². The maximum Gasteiger partial charge on any atom is 0.253 e. The van der Waals surface area contributed by atoms with Crippen molar-refractivity contribution in [1.29, 1.82) is 0 Å². The maximum absolute atomic E-state index is 11.6. The molecule has 1 amide bonds. The lowest BCUT2D eigenvalue weighted by Crippen LogP contribution is -2.22. The molecule has 0 fully saturated rings. The molecule has 2 aromatic rings. The summed E-state index contributed by atoms with van der Waals surface area (Å²) in [7, 11) is 0. The molecule has 4 heteroatoms. The van der Waals surface area contributed by atoms with Gasteiger partial charge in [0.25, 0.3) is 5.91 Å². The first-order valence-corrected chi connectivity index (χ1v) is 5.50. The third kappa shape index (κ3) is 2.63. The van der Waals surface area contributed by atoms with Crippen LogP contribution in [0, 0.1) is 0 Å². The van der Waals surface area contributed by atoms with E-state index < -0.39 is 0 Å². The average molecular weight is 218 g/mol. The number of rotatable bonds is 3. The van der Waals surface area contributed by atoms with E-state index in [0.29, 0.717) is 12.1 Å². The molecule has 3 nitrogen and oxygen atoms in total. The molecule has 0 aromatic carbocycles. The van der Waals surface area contributed by atoms with Gasteiger partial charge in [-0.25, -0.2) is 0 Å². The number of aromatic nitrogens is 1. The minimum atomic E-state index is -0.0886. The van der Waals surface area contributed by atoms with Gasteiger partial charge in [0.05, 0.1) is 5.56 Å². The molecule has 2 rings (SSSR count). The van der Waals surface area contributed by atoms with Gasteiger partial charge in [0.2, 0.25) is 0 Å². The van der Waals surface area contributed by atoms with E-state index >= 15 is 0 Å². The van der Waals surface area contributed by atoms with Crippen LogP contribution in [0.3, 0.4) is 0 Å². The van der Waals surface area contributed by atoms with Crippen molar-refractivity contribution in [2.45, 2.75) is 6.54 Å². The molecule has 0 aliphatic rings. The van der Waals surface area contributed by atoms with Gasteiger partial charge in [-0.1, -0.05) is 0 Å². The van der Waals surface area contributed by atoms with Crippen LogP contribution in [0.5, 0.6) is 0 Å². The third-order valence-corrected chi connectivity index (χ3v) is 2.69. The first-order valence-electron chi connectivity index (χ1n) is 4.55. The highest BCUT2D eigenvalue weighted by Crippen LogP contribution is 2.05. The number of nitrogens with one attached hydrogen (secondary N) is 1. The van der Waals surface area contributed by atoms with Crippen LogP contribution < -0.4 is 5.32 Å². The quantitative estimate of drug-likeness (QED) is 0.857. The Hall–Kier alpha value is -1.68. The summed E-state index contributed by atoms with van der Waals surface area (Å²) in [6, 6.07) is 5.49. The van der Waals surface area contributed by atoms with Crippen molar-refractivity contribution >= 4 is 17.2 Å². The summed E-state index contributed by atoms with van der Waals surface area (Å²) in [6.07, 6.45) is 3.21. The van der Waals surface area contributed by atoms with Crippen molar-refractivity contribution in [1.82, 2.24) is 10.3 Å². The van der Waals surface area contributed by atoms with Crippen LogP contribution >= 0.6 is 11.3 Å². The molecular formula is C11H10N2OS. The van der Waals surface area contributed by atoms with Crippen LogP contribution in [0.2, 0.25) is 0 Å². The van der Waals surface area contributed by atoms with Crippen LogP contribution in [-0.2, 0) is 6.54 Å². The molecule has 0 unspecified atom stereocenters. The summed E-state index contributed by atoms with van der Waals surface area (Å²) < 4.78 is 0. The number of hydrogen-bond donors (Lipinski definition) is 1. The van der Waals surface area contributed by atoms with Crippen LogP contribution in [0.15, 0.2) is 41.4 Å². The highest BCUT2D eigenvalue weighted by Gasteiger charge is 2.03. The van der Waals surface area contributed by atoms with E-state index in [1.807, 2.05) is 16.8 Å². The predicted octanol–water partition coefficient (Wildman–Crippen LogP) is 2.07. The van der Waals surface area contributed by atoms with Gasteiger partial charge in [-0.05, 0) is 34.5 Å². The molecule has 0 bridgehead atoms. The lowest BCUT2D eigenvalue weighted by molar-refractivity contribution is 0.0950. The lowest BCUT2D eigenvalue weighted by atomic mass is 10.2. The second-order valence-electron chi connectivity index (χ2n) is 3.06. The van der Waals surface area contributed by atoms with Crippen LogP contribution in [0.25, 0.3) is 0 Å². The van der Waals surface area contributed by atoms with Crippen molar-refractivity contribution in [3.8, 4) is 0 Å². The van der Waals surface area contributed by atoms with Gasteiger partial charge < -0.3 is 5.32 Å². The monoisotopic (exact) mass is 218 g/mol. The van der Waals surface area contributed by atoms with E-state index in [4.69, 9.17) is 0 Å². The van der Waals surface area contributed by atoms with Gasteiger partial charge in [0.15, 0.2) is 0 Å². The molecular weight excluding hydrogens is 208 g/mol. The molecule has 2 heterocycles. The first-order chi connectivity index (χ1) is 7.36. The van der Waals surface area contributed by atoms with Crippen LogP contribution in [-0.4, -0.2) is 10.9 Å². The van der Waals surface area contributed by atoms with Gasteiger partial charge in [-0.2, -0.15) is 11.3 Å². The van der Waals surface area contributed by atoms with Crippen molar-refractivity contribution in [3.63, 3.8) is 0 Å². The molecule has 0 saturated heterocycles. The van der Waals surface area contributed by atoms with Crippen LogP contribution in [0.1, 0.15) is 15.9 Å². The number of carbonyl (C=O) groups excluding carboxylic acids is 1. The van der Waals surface area contributed by atoms with Gasteiger partial charge in [0.1, 0.15) is 0 Å². The highest BCUT2D eigenvalue weighted by atomic mass is 32.1. The molecule has 2 aromatic heterocycles. The van der Waals surface area contributed by atoms with Crippen molar-refractivity contribution in [2.75, 3.05) is 0 Å². The van der Waals surface area contributed by atoms with Gasteiger partial charge in [0, 0.05) is 18.9 Å². The van der Waals surface area contributed by atoms with Gasteiger partial charge >= 0.3 is 0 Å². The van der Waals surface area contributed by atoms with Gasteiger partial charge in [-0.3, -0.25) is 9.78 Å². The highest BCUT2D eigenvalue weighted by molar-refractivity contribution is 7.07. The maximum atomic E-state index is 11.6. The summed E-state index contributed by atoms with van der Waals surface area (Å²) in [5, 5.41) is 6.84. The summed E-state index contributed by atoms with van der Waals surface area (Å²) in [5.74, 6) is -0.0886. The SMILES string of the molecule is O=C(NCc1ccsc1)c1cccnc1. The second-order valence-corrected chi connectivity index (χ2v) is 3.84. The van der Waals surface area contributed by atoms with E-state index in [-0.39, 0.29) is 5.91 Å². The molecule has 0 aliphatic carbocycles. The largest absolute Gasteiger partial charge is 0.348 e. The normalized spacial score (nSPS) is 9.87. The Labute approximate surface area is 91.8 Å². The summed E-state index contributed by atoms with van der Waals surface area (Å²) >= 11 is 1.62. The van der Waals surface area contributed by atoms with E-state index in [0.717, 1.165) is 5.56 Å². The molecule has 0 aliphatic heterocycles. The van der Waals surface area contributed by atoms with E-state index in [1.165, 1.54) is 0 Å². The molecule has 76 valence electrons. The Morgan fingerprint density at radius 3 is 3.07 bits per heavy atom. The Kier molecular flexibility index (Phi) is 3.09. The fourth-order valence-corrected chi connectivity index (χ4v) is 1.84. The Balaban J connectivity index is 1.94. The molecule has 0 radical (unpaired) electrons. The average Bonchev–Trinajstić information content (AvgIpc) is 2.80. The predicted molar refractivity (Wildman–Crippen MR) is 59.7 cm³/mol. The molecule has 1 N–H and O–H groups in total. The fraction of sp³-hybridized carbons (Fsp3) is 0.0909. The Morgan fingerprint density at radius 2 is 2.40 bits per heavy atom. The summed E-state index contributed by atoms with van der Waals surface area (Å²) in [6.45, 7) is 0.567. The minimum Gasteiger partial charge on any atom is -0.348 e. The minimum absolute atomic E-state index is 0.0886. The summed E-state index contributed by atoms with van der Waals surface area (Å²) in [4.78, 5) is 15.5. The first kappa shape index (κ1) is 9.86. The number of pyridine rings is 1.